The van der Waals surface area contributed by atoms with Gasteiger partial charge in [-0.15, -0.1) is 0 Å². The Bertz CT molecular complexity index is 113. The Morgan fingerprint density at radius 1 is 1.20 bits per heavy atom. The Hall–Kier alpha value is 0.0249. The maximum Gasteiger partial charge on any atom is 0.275 e. The van der Waals surface area contributed by atoms with Crippen molar-refractivity contribution in [3.8, 4) is 0 Å². The molecular weight excluding hydrogens is 123 g/mol. The van der Waals surface area contributed by atoms with Gasteiger partial charge >= 0.3 is 0 Å². The molecule has 0 spiro atoms. The Morgan fingerprint density at radius 2 is 1.80 bits per heavy atom. The van der Waals surface area contributed by atoms with Gasteiger partial charge in [-0.05, 0) is 25.7 Å². The fourth-order valence-corrected chi connectivity index (χ4v) is 1.34. The molecule has 10 heavy (non-hydrogen) atoms. The summed E-state index contributed by atoms with van der Waals surface area (Å²) >= 11 is 0. The molecule has 1 aliphatic heterocycles. The van der Waals surface area contributed by atoms with Gasteiger partial charge in [-0.2, -0.15) is 0 Å². The van der Waals surface area contributed by atoms with Gasteiger partial charge in [-0.1, -0.05) is 20.2 Å². The van der Waals surface area contributed by atoms with Gasteiger partial charge in [0.1, 0.15) is 0 Å². The fraction of sp³-hybridized carbons (Fsp3) is 1.00. The highest BCUT2D eigenvalue weighted by atomic mass is 16.5. The van der Waals surface area contributed by atoms with Crippen molar-refractivity contribution >= 4 is 7.48 Å². The lowest BCUT2D eigenvalue weighted by Crippen LogP contribution is -2.46. The fourth-order valence-electron chi connectivity index (χ4n) is 1.34. The van der Waals surface area contributed by atoms with Gasteiger partial charge in [0.25, 0.3) is 7.48 Å². The molecule has 0 amide bonds. The van der Waals surface area contributed by atoms with Crippen molar-refractivity contribution in [1.82, 2.24) is 0 Å². The van der Waals surface area contributed by atoms with E-state index >= 15 is 0 Å². The number of hydrogen-bond donors (Lipinski definition) is 0. The molecule has 2 heteroatoms. The van der Waals surface area contributed by atoms with Crippen LogP contribution in [0.1, 0.15) is 34.1 Å². The van der Waals surface area contributed by atoms with Gasteiger partial charge in [-0.25, -0.2) is 0 Å². The van der Waals surface area contributed by atoms with E-state index in [4.69, 9.17) is 4.65 Å². The van der Waals surface area contributed by atoms with Gasteiger partial charge in [0, 0.05) is 0 Å². The van der Waals surface area contributed by atoms with Crippen molar-refractivity contribution in [3.63, 3.8) is 0 Å². The Kier molecular flexibility index (Phi) is 1.84. The smallest absolute Gasteiger partial charge is 0.275 e. The quantitative estimate of drug-likeness (QED) is 0.467. The topological polar surface area (TPSA) is 9.23 Å². The van der Waals surface area contributed by atoms with Gasteiger partial charge < -0.3 is 4.65 Å². The zero-order chi connectivity index (χ0) is 7.83. The van der Waals surface area contributed by atoms with E-state index in [1.807, 2.05) is 0 Å². The van der Waals surface area contributed by atoms with E-state index in [9.17, 15) is 0 Å². The van der Waals surface area contributed by atoms with E-state index in [0.717, 1.165) is 7.48 Å². The molecule has 1 fully saturated rings. The molecule has 0 radical (unpaired) electrons. The molecule has 0 aromatic rings. The van der Waals surface area contributed by atoms with Gasteiger partial charge in [0.05, 0.1) is 5.60 Å². The lowest BCUT2D eigenvalue weighted by atomic mass is 9.66. The van der Waals surface area contributed by atoms with Crippen LogP contribution in [-0.2, 0) is 4.65 Å². The highest BCUT2D eigenvalue weighted by molar-refractivity contribution is 6.27. The summed E-state index contributed by atoms with van der Waals surface area (Å²) in [5, 5.41) is 0. The van der Waals surface area contributed by atoms with E-state index in [-0.39, 0.29) is 5.60 Å². The zero-order valence-electron chi connectivity index (χ0n) is 7.53. The van der Waals surface area contributed by atoms with E-state index in [0.29, 0.717) is 5.41 Å². The standard InChI is InChI=1S/C8H17BO/c1-7(2)5-6-9-10-8(7,3)4/h9H,5-6H2,1-4H3. The second-order valence-electron chi connectivity index (χ2n) is 4.35. The van der Waals surface area contributed by atoms with Crippen LogP contribution in [0, 0.1) is 5.41 Å². The normalized spacial score (nSPS) is 29.2. The molecule has 0 unspecified atom stereocenters. The first kappa shape index (κ1) is 8.12. The first-order valence-corrected chi connectivity index (χ1v) is 4.10. The molecule has 1 nitrogen and oxygen atoms in total. The molecule has 0 atom stereocenters. The summed E-state index contributed by atoms with van der Waals surface area (Å²) in [7, 11) is 0.941. The zero-order valence-corrected chi connectivity index (χ0v) is 7.53. The average molecular weight is 140 g/mol. The monoisotopic (exact) mass is 140 g/mol. The van der Waals surface area contributed by atoms with Crippen LogP contribution < -0.4 is 0 Å². The van der Waals surface area contributed by atoms with Crippen molar-refractivity contribution in [1.29, 1.82) is 0 Å². The van der Waals surface area contributed by atoms with Crippen LogP contribution in [0.4, 0.5) is 0 Å². The summed E-state index contributed by atoms with van der Waals surface area (Å²) in [6.07, 6.45) is 2.51. The van der Waals surface area contributed by atoms with Crippen LogP contribution in [0.3, 0.4) is 0 Å². The second kappa shape index (κ2) is 2.26. The van der Waals surface area contributed by atoms with E-state index < -0.39 is 0 Å². The van der Waals surface area contributed by atoms with Crippen LogP contribution in [-0.4, -0.2) is 13.1 Å². The predicted molar refractivity (Wildman–Crippen MR) is 45.5 cm³/mol. The van der Waals surface area contributed by atoms with Crippen LogP contribution in [0.15, 0.2) is 0 Å². The minimum Gasteiger partial charge on any atom is -0.434 e. The van der Waals surface area contributed by atoms with Crippen LogP contribution in [0.5, 0.6) is 0 Å². The number of hydrogen-bond acceptors (Lipinski definition) is 1. The second-order valence-corrected chi connectivity index (χ2v) is 4.35. The molecule has 0 bridgehead atoms. The van der Waals surface area contributed by atoms with Crippen LogP contribution in [0.25, 0.3) is 0 Å². The van der Waals surface area contributed by atoms with Crippen molar-refractivity contribution in [2.24, 2.45) is 5.41 Å². The van der Waals surface area contributed by atoms with Crippen molar-refractivity contribution in [3.05, 3.63) is 0 Å². The summed E-state index contributed by atoms with van der Waals surface area (Å²) in [6.45, 7) is 8.94. The average Bonchev–Trinajstić information content (AvgIpc) is 1.77. The summed E-state index contributed by atoms with van der Waals surface area (Å²) in [4.78, 5) is 0. The molecular formula is C8H17BO. The Morgan fingerprint density at radius 3 is 2.10 bits per heavy atom. The first-order chi connectivity index (χ1) is 4.46. The highest BCUT2D eigenvalue weighted by Gasteiger charge is 2.39. The molecule has 0 N–H and O–H groups in total. The third-order valence-electron chi connectivity index (χ3n) is 3.04. The van der Waals surface area contributed by atoms with Crippen molar-refractivity contribution in [2.45, 2.75) is 46.0 Å². The molecule has 1 heterocycles. The third-order valence-corrected chi connectivity index (χ3v) is 3.04. The minimum atomic E-state index is 0.0747. The van der Waals surface area contributed by atoms with Gasteiger partial charge in [0.2, 0.25) is 0 Å². The summed E-state index contributed by atoms with van der Waals surface area (Å²) in [5.41, 5.74) is 0.427. The van der Waals surface area contributed by atoms with E-state index in [1.54, 1.807) is 0 Å². The summed E-state index contributed by atoms with van der Waals surface area (Å²) < 4.78 is 5.68. The SMILES string of the molecule is CC1(C)CCBOC1(C)C. The predicted octanol–water partition coefficient (Wildman–Crippen LogP) is 1.98. The van der Waals surface area contributed by atoms with Gasteiger partial charge in [-0.3, -0.25) is 0 Å². The molecule has 58 valence electrons. The maximum atomic E-state index is 5.68. The summed E-state index contributed by atoms with van der Waals surface area (Å²) in [6, 6.07) is 0. The lowest BCUT2D eigenvalue weighted by molar-refractivity contribution is -0.0269. The van der Waals surface area contributed by atoms with E-state index in [2.05, 4.69) is 27.7 Å². The molecule has 1 aliphatic rings. The highest BCUT2D eigenvalue weighted by Crippen LogP contribution is 2.40. The Balaban J connectivity index is 2.70. The molecule has 0 aromatic carbocycles. The minimum absolute atomic E-state index is 0.0747. The number of rotatable bonds is 0. The molecule has 0 aromatic heterocycles. The third kappa shape index (κ3) is 1.22. The van der Waals surface area contributed by atoms with Gasteiger partial charge in [0.15, 0.2) is 0 Å². The van der Waals surface area contributed by atoms with Crippen molar-refractivity contribution in [2.75, 3.05) is 0 Å². The first-order valence-electron chi connectivity index (χ1n) is 4.10. The van der Waals surface area contributed by atoms with Crippen LogP contribution >= 0.6 is 0 Å². The maximum absolute atomic E-state index is 5.68. The Labute approximate surface area is 64.4 Å². The molecule has 1 rings (SSSR count). The van der Waals surface area contributed by atoms with E-state index in [1.165, 1.54) is 12.7 Å². The molecule has 0 saturated carbocycles. The molecule has 1 saturated heterocycles. The molecule has 0 aliphatic carbocycles. The lowest BCUT2D eigenvalue weighted by Gasteiger charge is -2.45. The summed E-state index contributed by atoms with van der Waals surface area (Å²) in [5.74, 6) is 0. The van der Waals surface area contributed by atoms with Crippen LogP contribution in [0.2, 0.25) is 6.32 Å². The van der Waals surface area contributed by atoms with Crippen molar-refractivity contribution < 1.29 is 4.65 Å². The largest absolute Gasteiger partial charge is 0.434 e.